The Kier molecular flexibility index (Phi) is 5.09. The average molecular weight is 310 g/mol. The van der Waals surface area contributed by atoms with Crippen molar-refractivity contribution in [3.05, 3.63) is 28.3 Å². The predicted molar refractivity (Wildman–Crippen MR) is 64.0 cm³/mol. The van der Waals surface area contributed by atoms with E-state index in [4.69, 9.17) is 16.9 Å². The molecule has 1 aromatic carbocycles. The van der Waals surface area contributed by atoms with Gasteiger partial charge in [0.1, 0.15) is 6.07 Å². The molecular formula is C11H7ClF3NO2S. The summed E-state index contributed by atoms with van der Waals surface area (Å²) in [5.41, 5.74) is -5.30. The lowest BCUT2D eigenvalue weighted by Crippen LogP contribution is -2.11. The van der Waals surface area contributed by atoms with Crippen LogP contribution in [-0.2, 0) is 4.74 Å². The summed E-state index contributed by atoms with van der Waals surface area (Å²) in [6.45, 7) is 1.48. The standard InChI is InChI=1S/C11H7ClF3NO2S/c1-2-18-10(17)8-6(5-16)3-4-7(12)9(8)19-11(13,14)15/h3-4H,2H2,1H3. The van der Waals surface area contributed by atoms with Crippen LogP contribution in [0, 0.1) is 11.3 Å². The molecule has 0 amide bonds. The number of ether oxygens (including phenoxy) is 1. The van der Waals surface area contributed by atoms with Crippen molar-refractivity contribution in [2.24, 2.45) is 0 Å². The number of halogens is 4. The molecule has 0 fully saturated rings. The Morgan fingerprint density at radius 1 is 1.53 bits per heavy atom. The third-order valence-corrected chi connectivity index (χ3v) is 3.21. The minimum atomic E-state index is -4.63. The van der Waals surface area contributed by atoms with Gasteiger partial charge in [-0.05, 0) is 30.8 Å². The number of thioether (sulfide) groups is 1. The van der Waals surface area contributed by atoms with Crippen molar-refractivity contribution < 1.29 is 22.7 Å². The molecule has 1 aromatic rings. The monoisotopic (exact) mass is 309 g/mol. The molecule has 0 N–H and O–H groups in total. The molecule has 0 aromatic heterocycles. The summed E-state index contributed by atoms with van der Waals surface area (Å²) in [4.78, 5) is 11.1. The first kappa shape index (κ1) is 15.7. The summed E-state index contributed by atoms with van der Waals surface area (Å²) >= 11 is 5.12. The molecule has 0 aliphatic heterocycles. The first-order valence-corrected chi connectivity index (χ1v) is 6.15. The molecule has 0 radical (unpaired) electrons. The van der Waals surface area contributed by atoms with Crippen molar-refractivity contribution in [1.82, 2.24) is 0 Å². The molecule has 8 heteroatoms. The van der Waals surface area contributed by atoms with Crippen LogP contribution in [0.5, 0.6) is 0 Å². The maximum atomic E-state index is 12.5. The second-order valence-electron chi connectivity index (χ2n) is 3.18. The molecule has 0 atom stereocenters. The fourth-order valence-corrected chi connectivity index (χ4v) is 2.24. The number of hydrogen-bond acceptors (Lipinski definition) is 4. The lowest BCUT2D eigenvalue weighted by molar-refractivity contribution is -0.0328. The Labute approximate surface area is 116 Å². The third-order valence-electron chi connectivity index (χ3n) is 1.93. The SMILES string of the molecule is CCOC(=O)c1c(C#N)ccc(Cl)c1SC(F)(F)F. The molecule has 0 spiro atoms. The van der Waals surface area contributed by atoms with Gasteiger partial charge in [0.05, 0.1) is 27.7 Å². The molecule has 0 saturated heterocycles. The first-order chi connectivity index (χ1) is 8.80. The van der Waals surface area contributed by atoms with Crippen LogP contribution in [0.15, 0.2) is 17.0 Å². The maximum Gasteiger partial charge on any atom is 0.446 e. The van der Waals surface area contributed by atoms with E-state index in [-0.39, 0.29) is 17.2 Å². The van der Waals surface area contributed by atoms with Crippen LogP contribution in [0.2, 0.25) is 5.02 Å². The van der Waals surface area contributed by atoms with E-state index in [1.165, 1.54) is 13.0 Å². The van der Waals surface area contributed by atoms with Gasteiger partial charge in [0.25, 0.3) is 0 Å². The highest BCUT2D eigenvalue weighted by molar-refractivity contribution is 8.00. The second kappa shape index (κ2) is 6.17. The smallest absolute Gasteiger partial charge is 0.446 e. The summed E-state index contributed by atoms with van der Waals surface area (Å²) in [6, 6.07) is 3.96. The number of carbonyl (C=O) groups is 1. The molecule has 0 aliphatic rings. The quantitative estimate of drug-likeness (QED) is 0.625. The van der Waals surface area contributed by atoms with Crippen molar-refractivity contribution in [3.8, 4) is 6.07 Å². The first-order valence-electron chi connectivity index (χ1n) is 4.95. The predicted octanol–water partition coefficient (Wildman–Crippen LogP) is 4.00. The number of alkyl halides is 3. The van der Waals surface area contributed by atoms with Gasteiger partial charge in [0.15, 0.2) is 0 Å². The normalized spacial score (nSPS) is 10.9. The molecule has 3 nitrogen and oxygen atoms in total. The van der Waals surface area contributed by atoms with Gasteiger partial charge < -0.3 is 4.74 Å². The van der Waals surface area contributed by atoms with Crippen LogP contribution < -0.4 is 0 Å². The average Bonchev–Trinajstić information content (AvgIpc) is 2.30. The number of carbonyl (C=O) groups excluding carboxylic acids is 1. The minimum absolute atomic E-state index is 0.0215. The largest absolute Gasteiger partial charge is 0.462 e. The van der Waals surface area contributed by atoms with Gasteiger partial charge in [-0.25, -0.2) is 4.79 Å². The number of nitrogens with zero attached hydrogens (tertiary/aromatic N) is 1. The topological polar surface area (TPSA) is 50.1 Å². The molecule has 19 heavy (non-hydrogen) atoms. The van der Waals surface area contributed by atoms with E-state index in [1.54, 1.807) is 6.07 Å². The summed E-state index contributed by atoms with van der Waals surface area (Å²) in [6.07, 6.45) is 0. The fraction of sp³-hybridized carbons (Fsp3) is 0.273. The van der Waals surface area contributed by atoms with Gasteiger partial charge in [-0.1, -0.05) is 11.6 Å². The zero-order chi connectivity index (χ0) is 14.6. The Morgan fingerprint density at radius 2 is 2.16 bits per heavy atom. The van der Waals surface area contributed by atoms with E-state index < -0.39 is 33.7 Å². The Bertz CT molecular complexity index is 540. The van der Waals surface area contributed by atoms with Crippen molar-refractivity contribution >= 4 is 29.3 Å². The van der Waals surface area contributed by atoms with Crippen LogP contribution in [0.1, 0.15) is 22.8 Å². The zero-order valence-corrected chi connectivity index (χ0v) is 11.1. The molecule has 102 valence electrons. The third kappa shape index (κ3) is 4.04. The number of hydrogen-bond donors (Lipinski definition) is 0. The molecule has 0 unspecified atom stereocenters. The number of esters is 1. The molecule has 0 heterocycles. The fourth-order valence-electron chi connectivity index (χ4n) is 1.27. The summed E-state index contributed by atoms with van der Waals surface area (Å²) in [5, 5.41) is 8.60. The molecule has 1 rings (SSSR count). The second-order valence-corrected chi connectivity index (χ2v) is 4.66. The van der Waals surface area contributed by atoms with E-state index in [0.29, 0.717) is 0 Å². The number of rotatable bonds is 3. The molecular weight excluding hydrogens is 303 g/mol. The van der Waals surface area contributed by atoms with Crippen molar-refractivity contribution in [2.75, 3.05) is 6.61 Å². The highest BCUT2D eigenvalue weighted by Gasteiger charge is 2.34. The number of benzene rings is 1. The van der Waals surface area contributed by atoms with E-state index in [9.17, 15) is 18.0 Å². The van der Waals surface area contributed by atoms with E-state index in [1.807, 2.05) is 0 Å². The Balaban J connectivity index is 3.42. The minimum Gasteiger partial charge on any atom is -0.462 e. The van der Waals surface area contributed by atoms with Gasteiger partial charge in [-0.2, -0.15) is 18.4 Å². The van der Waals surface area contributed by atoms with Gasteiger partial charge in [0, 0.05) is 0 Å². The van der Waals surface area contributed by atoms with Gasteiger partial charge in [0.2, 0.25) is 0 Å². The van der Waals surface area contributed by atoms with E-state index in [0.717, 1.165) is 6.07 Å². The van der Waals surface area contributed by atoms with Crippen LogP contribution in [0.4, 0.5) is 13.2 Å². The summed E-state index contributed by atoms with van der Waals surface area (Å²) < 4.78 is 42.0. The van der Waals surface area contributed by atoms with Crippen LogP contribution >= 0.6 is 23.4 Å². The van der Waals surface area contributed by atoms with Crippen LogP contribution in [-0.4, -0.2) is 18.1 Å². The lowest BCUT2D eigenvalue weighted by Gasteiger charge is -2.13. The zero-order valence-electron chi connectivity index (χ0n) is 9.55. The van der Waals surface area contributed by atoms with Crippen LogP contribution in [0.3, 0.4) is 0 Å². The molecule has 0 aliphatic carbocycles. The molecule has 0 bridgehead atoms. The summed E-state index contributed by atoms with van der Waals surface area (Å²) in [7, 11) is 0. The van der Waals surface area contributed by atoms with E-state index >= 15 is 0 Å². The molecule has 0 saturated carbocycles. The lowest BCUT2D eigenvalue weighted by atomic mass is 10.1. The van der Waals surface area contributed by atoms with Gasteiger partial charge in [-0.3, -0.25) is 0 Å². The maximum absolute atomic E-state index is 12.5. The van der Waals surface area contributed by atoms with Gasteiger partial charge in [-0.15, -0.1) is 0 Å². The van der Waals surface area contributed by atoms with Crippen molar-refractivity contribution in [3.63, 3.8) is 0 Å². The van der Waals surface area contributed by atoms with Crippen molar-refractivity contribution in [1.29, 1.82) is 5.26 Å². The Hall–Kier alpha value is -1.39. The van der Waals surface area contributed by atoms with E-state index in [2.05, 4.69) is 4.74 Å². The van der Waals surface area contributed by atoms with Gasteiger partial charge >= 0.3 is 11.5 Å². The van der Waals surface area contributed by atoms with Crippen LogP contribution in [0.25, 0.3) is 0 Å². The highest BCUT2D eigenvalue weighted by atomic mass is 35.5. The van der Waals surface area contributed by atoms with Crippen molar-refractivity contribution in [2.45, 2.75) is 17.3 Å². The summed E-state index contributed by atoms with van der Waals surface area (Å²) in [5.74, 6) is -1.01. The Morgan fingerprint density at radius 3 is 2.63 bits per heavy atom. The number of nitriles is 1. The highest BCUT2D eigenvalue weighted by Crippen LogP contribution is 2.43.